The molecule has 0 bridgehead atoms. The van der Waals surface area contributed by atoms with Crippen LogP contribution in [0.3, 0.4) is 0 Å². The van der Waals surface area contributed by atoms with Gasteiger partial charge in [0.2, 0.25) is 0 Å². The highest BCUT2D eigenvalue weighted by Gasteiger charge is 2.00. The Kier molecular flexibility index (Phi) is 3.91. The molecule has 0 aliphatic heterocycles. The highest BCUT2D eigenvalue weighted by molar-refractivity contribution is 5.86. The molecule has 4 heteroatoms. The van der Waals surface area contributed by atoms with Gasteiger partial charge in [0, 0.05) is 12.6 Å². The lowest BCUT2D eigenvalue weighted by atomic mass is 10.2. The Labute approximate surface area is 106 Å². The Bertz CT molecular complexity index is 544. The summed E-state index contributed by atoms with van der Waals surface area (Å²) in [6.45, 7) is 0.724. The van der Waals surface area contributed by atoms with Crippen molar-refractivity contribution >= 4 is 12.0 Å². The van der Waals surface area contributed by atoms with Crippen LogP contribution in [0, 0.1) is 0 Å². The molecule has 18 heavy (non-hydrogen) atoms. The number of imidazole rings is 1. The Balaban J connectivity index is 2.13. The number of rotatable bonds is 4. The molecule has 2 aromatic rings. The number of ether oxygens (including phenoxy) is 1. The summed E-state index contributed by atoms with van der Waals surface area (Å²) in [4.78, 5) is 15.1. The van der Waals surface area contributed by atoms with Crippen molar-refractivity contribution in [3.05, 3.63) is 60.2 Å². The summed E-state index contributed by atoms with van der Waals surface area (Å²) in [5, 5.41) is 0. The zero-order chi connectivity index (χ0) is 12.8. The van der Waals surface area contributed by atoms with Gasteiger partial charge in [0.15, 0.2) is 0 Å². The first-order valence-electron chi connectivity index (χ1n) is 5.59. The number of carbonyl (C=O) groups is 1. The molecular formula is C14H14N2O2. The fourth-order valence-electron chi connectivity index (χ4n) is 1.60. The van der Waals surface area contributed by atoms with Gasteiger partial charge in [-0.05, 0) is 11.6 Å². The second-order valence-corrected chi connectivity index (χ2v) is 3.79. The minimum atomic E-state index is -0.373. The zero-order valence-corrected chi connectivity index (χ0v) is 10.1. The first-order valence-corrected chi connectivity index (χ1v) is 5.59. The molecule has 0 atom stereocenters. The Morgan fingerprint density at radius 3 is 2.89 bits per heavy atom. The summed E-state index contributed by atoms with van der Waals surface area (Å²) >= 11 is 0. The molecule has 1 aromatic heterocycles. The lowest BCUT2D eigenvalue weighted by Gasteiger charge is -2.05. The van der Waals surface area contributed by atoms with Gasteiger partial charge in [-0.25, -0.2) is 9.78 Å². The smallest absolute Gasteiger partial charge is 0.330 e. The van der Waals surface area contributed by atoms with Gasteiger partial charge in [-0.15, -0.1) is 0 Å². The van der Waals surface area contributed by atoms with E-state index in [-0.39, 0.29) is 5.97 Å². The van der Waals surface area contributed by atoms with E-state index in [2.05, 4.69) is 9.72 Å². The predicted molar refractivity (Wildman–Crippen MR) is 68.8 cm³/mol. The average Bonchev–Trinajstić information content (AvgIpc) is 2.84. The molecule has 4 nitrogen and oxygen atoms in total. The second kappa shape index (κ2) is 5.82. The van der Waals surface area contributed by atoms with Crippen LogP contribution in [0.2, 0.25) is 0 Å². The number of esters is 1. The van der Waals surface area contributed by atoms with Crippen LogP contribution < -0.4 is 0 Å². The van der Waals surface area contributed by atoms with Crippen LogP contribution in [-0.2, 0) is 16.1 Å². The molecule has 1 aromatic carbocycles. The summed E-state index contributed by atoms with van der Waals surface area (Å²) in [6, 6.07) is 10.1. The normalized spacial score (nSPS) is 10.7. The van der Waals surface area contributed by atoms with E-state index < -0.39 is 0 Å². The number of carbonyl (C=O) groups excluding carboxylic acids is 1. The summed E-state index contributed by atoms with van der Waals surface area (Å²) in [5.41, 5.74) is 2.05. The fourth-order valence-corrected chi connectivity index (χ4v) is 1.60. The molecule has 0 spiro atoms. The fraction of sp³-hybridized carbons (Fsp3) is 0.143. The number of hydrogen-bond acceptors (Lipinski definition) is 3. The Morgan fingerprint density at radius 1 is 1.39 bits per heavy atom. The molecule has 0 fully saturated rings. The van der Waals surface area contributed by atoms with Crippen molar-refractivity contribution in [2.24, 2.45) is 0 Å². The quantitative estimate of drug-likeness (QED) is 0.609. The van der Waals surface area contributed by atoms with Gasteiger partial charge in [-0.2, -0.15) is 0 Å². The van der Waals surface area contributed by atoms with Crippen LogP contribution in [0.5, 0.6) is 0 Å². The van der Waals surface area contributed by atoms with Crippen molar-refractivity contribution < 1.29 is 9.53 Å². The van der Waals surface area contributed by atoms with E-state index in [1.54, 1.807) is 18.6 Å². The monoisotopic (exact) mass is 242 g/mol. The van der Waals surface area contributed by atoms with Gasteiger partial charge in [0.25, 0.3) is 0 Å². The van der Waals surface area contributed by atoms with Crippen molar-refractivity contribution in [3.8, 4) is 0 Å². The van der Waals surface area contributed by atoms with E-state index in [1.807, 2.05) is 34.9 Å². The third-order valence-corrected chi connectivity index (χ3v) is 2.53. The zero-order valence-electron chi connectivity index (χ0n) is 10.1. The number of nitrogens with zero attached hydrogens (tertiary/aromatic N) is 2. The van der Waals surface area contributed by atoms with E-state index >= 15 is 0 Å². The van der Waals surface area contributed by atoms with Crippen LogP contribution in [0.15, 0.2) is 48.9 Å². The summed E-state index contributed by atoms with van der Waals surface area (Å²) < 4.78 is 6.52. The van der Waals surface area contributed by atoms with Crippen LogP contribution in [0.25, 0.3) is 6.08 Å². The maximum absolute atomic E-state index is 11.0. The minimum absolute atomic E-state index is 0.373. The molecular weight excluding hydrogens is 228 g/mol. The van der Waals surface area contributed by atoms with Crippen molar-refractivity contribution in [1.82, 2.24) is 9.55 Å². The molecule has 92 valence electrons. The van der Waals surface area contributed by atoms with E-state index in [4.69, 9.17) is 0 Å². The number of aromatic nitrogens is 2. The van der Waals surface area contributed by atoms with E-state index in [0.717, 1.165) is 12.2 Å². The van der Waals surface area contributed by atoms with Crippen LogP contribution in [-0.4, -0.2) is 22.6 Å². The van der Waals surface area contributed by atoms with Gasteiger partial charge in [-0.1, -0.05) is 30.3 Å². The Hall–Kier alpha value is -2.36. The lowest BCUT2D eigenvalue weighted by molar-refractivity contribution is -0.134. The average molecular weight is 242 g/mol. The van der Waals surface area contributed by atoms with Gasteiger partial charge in [0.05, 0.1) is 25.3 Å². The molecule has 0 aliphatic rings. The molecule has 0 unspecified atom stereocenters. The summed E-state index contributed by atoms with van der Waals surface area (Å²) in [7, 11) is 1.36. The van der Waals surface area contributed by atoms with Gasteiger partial charge >= 0.3 is 5.97 Å². The third-order valence-electron chi connectivity index (χ3n) is 2.53. The first-order chi connectivity index (χ1) is 8.79. The number of benzene rings is 1. The van der Waals surface area contributed by atoms with Crippen molar-refractivity contribution in [1.29, 1.82) is 0 Å². The molecule has 0 N–H and O–H groups in total. The first kappa shape index (κ1) is 12.1. The molecule has 2 rings (SSSR count). The van der Waals surface area contributed by atoms with Crippen LogP contribution in [0.4, 0.5) is 0 Å². The summed E-state index contributed by atoms with van der Waals surface area (Å²) in [5.74, 6) is -0.373. The number of hydrogen-bond donors (Lipinski definition) is 0. The third kappa shape index (κ3) is 3.07. The maximum Gasteiger partial charge on any atom is 0.330 e. The standard InChI is InChI=1S/C14H14N2O2/c1-18-14(17)8-7-13-9-15-11-16(13)10-12-5-3-2-4-6-12/h2-9,11H,10H2,1H3. The van der Waals surface area contributed by atoms with Gasteiger partial charge in [0.1, 0.15) is 0 Å². The van der Waals surface area contributed by atoms with E-state index in [0.29, 0.717) is 0 Å². The maximum atomic E-state index is 11.0. The van der Waals surface area contributed by atoms with Crippen molar-refractivity contribution in [2.75, 3.05) is 7.11 Å². The molecule has 0 amide bonds. The van der Waals surface area contributed by atoms with Crippen LogP contribution in [0.1, 0.15) is 11.3 Å². The molecule has 1 heterocycles. The Morgan fingerprint density at radius 2 is 2.17 bits per heavy atom. The SMILES string of the molecule is COC(=O)C=Cc1cncn1Cc1ccccc1. The highest BCUT2D eigenvalue weighted by atomic mass is 16.5. The second-order valence-electron chi connectivity index (χ2n) is 3.79. The highest BCUT2D eigenvalue weighted by Crippen LogP contribution is 2.07. The lowest BCUT2D eigenvalue weighted by Crippen LogP contribution is -2.00. The van der Waals surface area contributed by atoms with E-state index in [9.17, 15) is 4.79 Å². The van der Waals surface area contributed by atoms with Gasteiger partial charge < -0.3 is 9.30 Å². The van der Waals surface area contributed by atoms with Crippen molar-refractivity contribution in [3.63, 3.8) is 0 Å². The number of methoxy groups -OCH3 is 1. The topological polar surface area (TPSA) is 44.1 Å². The summed E-state index contributed by atoms with van der Waals surface area (Å²) in [6.07, 6.45) is 6.53. The van der Waals surface area contributed by atoms with Crippen molar-refractivity contribution in [2.45, 2.75) is 6.54 Å². The van der Waals surface area contributed by atoms with Gasteiger partial charge in [-0.3, -0.25) is 0 Å². The molecule has 0 aliphatic carbocycles. The molecule has 0 radical (unpaired) electrons. The molecule has 0 saturated heterocycles. The van der Waals surface area contributed by atoms with Crippen LogP contribution >= 0.6 is 0 Å². The predicted octanol–water partition coefficient (Wildman–Crippen LogP) is 2.12. The molecule has 0 saturated carbocycles. The van der Waals surface area contributed by atoms with E-state index in [1.165, 1.54) is 18.7 Å². The largest absolute Gasteiger partial charge is 0.466 e. The minimum Gasteiger partial charge on any atom is -0.466 e.